The van der Waals surface area contributed by atoms with Crippen LogP contribution in [0.25, 0.3) is 0 Å². The molecule has 0 spiro atoms. The van der Waals surface area contributed by atoms with E-state index in [1.807, 2.05) is 6.92 Å². The molecule has 7 heteroatoms. The van der Waals surface area contributed by atoms with Gasteiger partial charge in [-0.15, -0.1) is 11.6 Å². The van der Waals surface area contributed by atoms with E-state index in [0.29, 0.717) is 30.8 Å². The van der Waals surface area contributed by atoms with Crippen molar-refractivity contribution in [3.8, 4) is 0 Å². The molecule has 0 aliphatic carbocycles. The average molecular weight is 368 g/mol. The van der Waals surface area contributed by atoms with Gasteiger partial charge < -0.3 is 16.0 Å². The quantitative estimate of drug-likeness (QED) is 0.463. The number of halogens is 1. The fourth-order valence-corrected chi connectivity index (χ4v) is 2.03. The molecular formula is C18H26ClN3O3. The van der Waals surface area contributed by atoms with Gasteiger partial charge in [-0.05, 0) is 44.5 Å². The summed E-state index contributed by atoms with van der Waals surface area (Å²) in [7, 11) is 0. The standard InChI is InChI=1S/C18H26ClN3O3/c1-4-5-15(23)22-14-8-6-13(7-9-14)16(24)20-10-11-21-17(25)18(2,3)12-19/h6-9H,4-5,10-12H2,1-3H3,(H,20,24)(H,21,25)(H,22,23). The third kappa shape index (κ3) is 7.13. The zero-order chi connectivity index (χ0) is 18.9. The maximum absolute atomic E-state index is 12.0. The molecule has 1 aromatic carbocycles. The molecule has 1 rings (SSSR count). The van der Waals surface area contributed by atoms with Crippen LogP contribution < -0.4 is 16.0 Å². The van der Waals surface area contributed by atoms with Crippen LogP contribution in [-0.2, 0) is 9.59 Å². The van der Waals surface area contributed by atoms with Crippen molar-refractivity contribution in [3.63, 3.8) is 0 Å². The minimum atomic E-state index is -0.635. The molecule has 0 radical (unpaired) electrons. The first-order valence-corrected chi connectivity index (χ1v) is 8.86. The van der Waals surface area contributed by atoms with Gasteiger partial charge in [-0.2, -0.15) is 0 Å². The molecule has 0 saturated carbocycles. The molecule has 0 bridgehead atoms. The lowest BCUT2D eigenvalue weighted by Gasteiger charge is -2.20. The topological polar surface area (TPSA) is 87.3 Å². The molecule has 1 aromatic rings. The van der Waals surface area contributed by atoms with Crippen LogP contribution in [0.1, 0.15) is 44.0 Å². The zero-order valence-corrected chi connectivity index (χ0v) is 15.7. The Morgan fingerprint density at radius 2 is 1.64 bits per heavy atom. The first-order chi connectivity index (χ1) is 11.8. The fourth-order valence-electron chi connectivity index (χ4n) is 1.91. The van der Waals surface area contributed by atoms with Gasteiger partial charge >= 0.3 is 0 Å². The summed E-state index contributed by atoms with van der Waals surface area (Å²) in [6.07, 6.45) is 1.25. The summed E-state index contributed by atoms with van der Waals surface area (Å²) in [5, 5.41) is 8.23. The molecule has 0 fully saturated rings. The van der Waals surface area contributed by atoms with Crippen LogP contribution in [-0.4, -0.2) is 36.7 Å². The lowest BCUT2D eigenvalue weighted by Crippen LogP contribution is -2.41. The van der Waals surface area contributed by atoms with E-state index in [4.69, 9.17) is 11.6 Å². The maximum atomic E-state index is 12.0. The van der Waals surface area contributed by atoms with Crippen molar-refractivity contribution in [2.45, 2.75) is 33.6 Å². The van der Waals surface area contributed by atoms with E-state index < -0.39 is 5.41 Å². The summed E-state index contributed by atoms with van der Waals surface area (Å²) in [5.74, 6) is -0.205. The molecule has 6 nitrogen and oxygen atoms in total. The molecule has 0 atom stereocenters. The van der Waals surface area contributed by atoms with Crippen molar-refractivity contribution in [1.82, 2.24) is 10.6 Å². The van der Waals surface area contributed by atoms with Crippen molar-refractivity contribution >= 4 is 35.0 Å². The van der Waals surface area contributed by atoms with Crippen molar-refractivity contribution < 1.29 is 14.4 Å². The number of anilines is 1. The summed E-state index contributed by atoms with van der Waals surface area (Å²) >= 11 is 5.74. The van der Waals surface area contributed by atoms with Gasteiger partial charge in [0.15, 0.2) is 0 Å². The van der Waals surface area contributed by atoms with Crippen molar-refractivity contribution in [1.29, 1.82) is 0 Å². The summed E-state index contributed by atoms with van der Waals surface area (Å²) in [6, 6.07) is 6.67. The molecule has 0 saturated heterocycles. The molecule has 138 valence electrons. The number of hydrogen-bond donors (Lipinski definition) is 3. The second-order valence-corrected chi connectivity index (χ2v) is 6.67. The van der Waals surface area contributed by atoms with Gasteiger partial charge in [0.1, 0.15) is 0 Å². The van der Waals surface area contributed by atoms with Crippen LogP contribution in [0.3, 0.4) is 0 Å². The lowest BCUT2D eigenvalue weighted by molar-refractivity contribution is -0.128. The number of rotatable bonds is 9. The SMILES string of the molecule is CCCC(=O)Nc1ccc(C(=O)NCCNC(=O)C(C)(C)CCl)cc1. The first-order valence-electron chi connectivity index (χ1n) is 8.32. The molecular weight excluding hydrogens is 342 g/mol. The number of alkyl halides is 1. The Morgan fingerprint density at radius 3 is 2.20 bits per heavy atom. The largest absolute Gasteiger partial charge is 0.354 e. The molecule has 0 aliphatic heterocycles. The Kier molecular flexibility index (Phi) is 8.41. The minimum absolute atomic E-state index is 0.0460. The molecule has 0 heterocycles. The van der Waals surface area contributed by atoms with E-state index in [-0.39, 0.29) is 23.6 Å². The first kappa shape index (κ1) is 21.0. The Morgan fingerprint density at radius 1 is 1.04 bits per heavy atom. The molecule has 25 heavy (non-hydrogen) atoms. The number of carbonyl (C=O) groups excluding carboxylic acids is 3. The highest BCUT2D eigenvalue weighted by Crippen LogP contribution is 2.16. The Bertz CT molecular complexity index is 600. The van der Waals surface area contributed by atoms with Gasteiger partial charge in [0, 0.05) is 36.6 Å². The number of nitrogens with one attached hydrogen (secondary N) is 3. The third-order valence-electron chi connectivity index (χ3n) is 3.55. The highest BCUT2D eigenvalue weighted by molar-refractivity contribution is 6.19. The predicted octanol–water partition coefficient (Wildman–Crippen LogP) is 2.54. The molecule has 0 aromatic heterocycles. The monoisotopic (exact) mass is 367 g/mol. The molecule has 3 amide bonds. The number of carbonyl (C=O) groups is 3. The molecule has 0 aliphatic rings. The predicted molar refractivity (Wildman–Crippen MR) is 99.8 cm³/mol. The minimum Gasteiger partial charge on any atom is -0.354 e. The molecule has 0 unspecified atom stereocenters. The summed E-state index contributed by atoms with van der Waals surface area (Å²) < 4.78 is 0. The van der Waals surface area contributed by atoms with Crippen LogP contribution in [0, 0.1) is 5.41 Å². The van der Waals surface area contributed by atoms with Gasteiger partial charge in [0.2, 0.25) is 11.8 Å². The third-order valence-corrected chi connectivity index (χ3v) is 4.22. The second-order valence-electron chi connectivity index (χ2n) is 6.40. The Hall–Kier alpha value is -2.08. The van der Waals surface area contributed by atoms with E-state index in [0.717, 1.165) is 6.42 Å². The molecule has 3 N–H and O–H groups in total. The van der Waals surface area contributed by atoms with Gasteiger partial charge in [-0.1, -0.05) is 6.92 Å². The van der Waals surface area contributed by atoms with E-state index in [2.05, 4.69) is 16.0 Å². The average Bonchev–Trinajstić information content (AvgIpc) is 2.59. The van der Waals surface area contributed by atoms with E-state index >= 15 is 0 Å². The van der Waals surface area contributed by atoms with E-state index in [1.54, 1.807) is 38.1 Å². The van der Waals surface area contributed by atoms with Gasteiger partial charge in [-0.25, -0.2) is 0 Å². The summed E-state index contributed by atoms with van der Waals surface area (Å²) in [4.78, 5) is 35.4. The van der Waals surface area contributed by atoms with E-state index in [9.17, 15) is 14.4 Å². The Balaban J connectivity index is 2.40. The van der Waals surface area contributed by atoms with Crippen LogP contribution in [0.2, 0.25) is 0 Å². The van der Waals surface area contributed by atoms with Gasteiger partial charge in [-0.3, -0.25) is 14.4 Å². The van der Waals surface area contributed by atoms with Crippen molar-refractivity contribution in [3.05, 3.63) is 29.8 Å². The number of hydrogen-bond acceptors (Lipinski definition) is 3. The highest BCUT2D eigenvalue weighted by Gasteiger charge is 2.25. The fraction of sp³-hybridized carbons (Fsp3) is 0.500. The van der Waals surface area contributed by atoms with Crippen LogP contribution in [0.5, 0.6) is 0 Å². The van der Waals surface area contributed by atoms with Gasteiger partial charge in [0.25, 0.3) is 5.91 Å². The maximum Gasteiger partial charge on any atom is 0.251 e. The Labute approximate surface area is 153 Å². The summed E-state index contributed by atoms with van der Waals surface area (Å²) in [6.45, 7) is 6.10. The smallest absolute Gasteiger partial charge is 0.251 e. The van der Waals surface area contributed by atoms with Gasteiger partial charge in [0.05, 0.1) is 5.41 Å². The zero-order valence-electron chi connectivity index (χ0n) is 14.9. The van der Waals surface area contributed by atoms with Crippen LogP contribution >= 0.6 is 11.6 Å². The lowest BCUT2D eigenvalue weighted by atomic mass is 9.95. The van der Waals surface area contributed by atoms with Crippen molar-refractivity contribution in [2.75, 3.05) is 24.3 Å². The van der Waals surface area contributed by atoms with E-state index in [1.165, 1.54) is 0 Å². The summed E-state index contributed by atoms with van der Waals surface area (Å²) in [5.41, 5.74) is 0.510. The highest BCUT2D eigenvalue weighted by atomic mass is 35.5. The normalized spacial score (nSPS) is 10.9. The van der Waals surface area contributed by atoms with Crippen LogP contribution in [0.4, 0.5) is 5.69 Å². The second kappa shape index (κ2) is 10.0. The van der Waals surface area contributed by atoms with Crippen molar-refractivity contribution in [2.24, 2.45) is 5.41 Å². The van der Waals surface area contributed by atoms with Crippen LogP contribution in [0.15, 0.2) is 24.3 Å². The number of benzene rings is 1. The number of amides is 3.